The first-order chi connectivity index (χ1) is 14.7. The first-order valence-corrected chi connectivity index (χ1v) is 12.9. The molecule has 6 atom stereocenters. The maximum Gasteiger partial charge on any atom is 0.297 e. The highest BCUT2D eigenvalue weighted by Gasteiger charge is 2.57. The first-order valence-electron chi connectivity index (χ1n) is 11.5. The Morgan fingerprint density at radius 2 is 1.81 bits per heavy atom. The molecule has 5 rings (SSSR count). The molecule has 1 N–H and O–H groups in total. The maximum atomic E-state index is 13.0. The number of aromatic hydroxyl groups is 1. The fraction of sp³-hybridized carbons (Fsp3) is 0.538. The number of benzene rings is 2. The van der Waals surface area contributed by atoms with Crippen molar-refractivity contribution in [2.24, 2.45) is 23.2 Å². The third kappa shape index (κ3) is 3.41. The zero-order chi connectivity index (χ0) is 22.0. The minimum Gasteiger partial charge on any atom is -0.508 e. The van der Waals surface area contributed by atoms with Crippen molar-refractivity contribution in [1.29, 1.82) is 0 Å². The van der Waals surface area contributed by atoms with Gasteiger partial charge in [0.2, 0.25) is 0 Å². The van der Waals surface area contributed by atoms with Crippen LogP contribution in [0.25, 0.3) is 0 Å². The lowest BCUT2D eigenvalue weighted by Gasteiger charge is -2.52. The molecule has 0 aliphatic heterocycles. The smallest absolute Gasteiger partial charge is 0.297 e. The number of rotatable bonds is 3. The number of hydrogen-bond donors (Lipinski definition) is 1. The van der Waals surface area contributed by atoms with Gasteiger partial charge in [0.15, 0.2) is 0 Å². The van der Waals surface area contributed by atoms with Gasteiger partial charge in [-0.3, -0.25) is 4.18 Å². The lowest BCUT2D eigenvalue weighted by atomic mass is 9.53. The van der Waals surface area contributed by atoms with Gasteiger partial charge >= 0.3 is 0 Å². The first kappa shape index (κ1) is 21.0. The van der Waals surface area contributed by atoms with Gasteiger partial charge in [0.25, 0.3) is 10.1 Å². The molecule has 2 aromatic carbocycles. The fourth-order valence-corrected chi connectivity index (χ4v) is 8.19. The topological polar surface area (TPSA) is 63.6 Å². The minimum absolute atomic E-state index is 0.123. The van der Waals surface area contributed by atoms with Crippen molar-refractivity contribution in [2.75, 3.05) is 0 Å². The van der Waals surface area contributed by atoms with Gasteiger partial charge in [0.1, 0.15) is 5.75 Å². The van der Waals surface area contributed by atoms with Crippen LogP contribution in [0.2, 0.25) is 0 Å². The highest BCUT2D eigenvalue weighted by Crippen LogP contribution is 2.63. The van der Waals surface area contributed by atoms with E-state index < -0.39 is 10.1 Å². The van der Waals surface area contributed by atoms with E-state index in [1.807, 2.05) is 31.2 Å². The van der Waals surface area contributed by atoms with Crippen molar-refractivity contribution in [3.8, 4) is 5.75 Å². The van der Waals surface area contributed by atoms with Crippen molar-refractivity contribution in [1.82, 2.24) is 0 Å². The van der Waals surface area contributed by atoms with Crippen LogP contribution in [0.4, 0.5) is 0 Å². The molecular weight excluding hydrogens is 408 g/mol. The standard InChI is InChI=1S/C26H32O4S/c1-16-4-7-20(8-5-16)31(28,29)30-24-11-10-23-25-17(2)14-18-15-19(27)6-9-21(18)22(25)12-13-26(23,24)3/h4-9,15,17,22-25,27H,10-14H2,1-3H3/t17-,22?,23?,24+,25?,26+/m1/s1. The van der Waals surface area contributed by atoms with E-state index in [1.165, 1.54) is 11.1 Å². The molecule has 3 aliphatic rings. The summed E-state index contributed by atoms with van der Waals surface area (Å²) >= 11 is 0. The third-order valence-electron chi connectivity index (χ3n) is 8.52. The highest BCUT2D eigenvalue weighted by molar-refractivity contribution is 7.86. The number of aryl methyl sites for hydroxylation is 1. The molecule has 2 fully saturated rings. The number of hydrogen-bond acceptors (Lipinski definition) is 4. The van der Waals surface area contributed by atoms with Crippen molar-refractivity contribution in [3.63, 3.8) is 0 Å². The van der Waals surface area contributed by atoms with Gasteiger partial charge in [0, 0.05) is 0 Å². The van der Waals surface area contributed by atoms with Crippen LogP contribution in [-0.2, 0) is 20.7 Å². The fourth-order valence-electron chi connectivity index (χ4n) is 6.99. The molecule has 0 amide bonds. The van der Waals surface area contributed by atoms with Crippen LogP contribution in [0.5, 0.6) is 5.75 Å². The molecule has 0 radical (unpaired) electrons. The van der Waals surface area contributed by atoms with Gasteiger partial charge in [0.05, 0.1) is 11.0 Å². The van der Waals surface area contributed by atoms with Gasteiger partial charge in [-0.1, -0.05) is 37.6 Å². The van der Waals surface area contributed by atoms with E-state index in [0.29, 0.717) is 29.4 Å². The van der Waals surface area contributed by atoms with Crippen molar-refractivity contribution in [2.45, 2.75) is 69.8 Å². The van der Waals surface area contributed by atoms with Gasteiger partial charge in [-0.25, -0.2) is 0 Å². The largest absolute Gasteiger partial charge is 0.508 e. The molecule has 3 aliphatic carbocycles. The van der Waals surface area contributed by atoms with Gasteiger partial charge in [-0.15, -0.1) is 0 Å². The molecule has 0 heterocycles. The molecule has 5 heteroatoms. The predicted octanol–water partition coefficient (Wildman–Crippen LogP) is 5.58. The maximum absolute atomic E-state index is 13.0. The molecule has 0 saturated heterocycles. The van der Waals surface area contributed by atoms with E-state index in [-0.39, 0.29) is 16.4 Å². The van der Waals surface area contributed by atoms with Crippen molar-refractivity contribution in [3.05, 3.63) is 59.2 Å². The summed E-state index contributed by atoms with van der Waals surface area (Å²) in [5.41, 5.74) is 3.58. The van der Waals surface area contributed by atoms with Crippen LogP contribution >= 0.6 is 0 Å². The van der Waals surface area contributed by atoms with Crippen LogP contribution in [0, 0.1) is 30.1 Å². The molecule has 2 aromatic rings. The predicted molar refractivity (Wildman–Crippen MR) is 121 cm³/mol. The molecule has 2 saturated carbocycles. The Morgan fingerprint density at radius 1 is 1.06 bits per heavy atom. The Kier molecular flexibility index (Phi) is 4.98. The summed E-state index contributed by atoms with van der Waals surface area (Å²) in [5.74, 6) is 2.34. The minimum atomic E-state index is -3.77. The van der Waals surface area contributed by atoms with Crippen LogP contribution in [0.1, 0.15) is 62.1 Å². The lowest BCUT2D eigenvalue weighted by Crippen LogP contribution is -2.47. The van der Waals surface area contributed by atoms with Crippen molar-refractivity contribution >= 4 is 10.1 Å². The van der Waals surface area contributed by atoms with Crippen LogP contribution in [0.15, 0.2) is 47.4 Å². The third-order valence-corrected chi connectivity index (χ3v) is 9.86. The summed E-state index contributed by atoms with van der Waals surface area (Å²) in [6.07, 6.45) is 4.54. The van der Waals surface area contributed by atoms with E-state index >= 15 is 0 Å². The Bertz CT molecular complexity index is 1090. The molecule has 0 spiro atoms. The number of phenols is 1. The Balaban J connectivity index is 1.42. The average Bonchev–Trinajstić information content (AvgIpc) is 3.03. The second kappa shape index (κ2) is 7.35. The summed E-state index contributed by atoms with van der Waals surface area (Å²) in [7, 11) is -3.77. The second-order valence-corrected chi connectivity index (χ2v) is 11.9. The summed E-state index contributed by atoms with van der Waals surface area (Å²) in [5, 5.41) is 9.94. The zero-order valence-corrected chi connectivity index (χ0v) is 19.4. The molecule has 0 bridgehead atoms. The van der Waals surface area contributed by atoms with Crippen LogP contribution in [-0.4, -0.2) is 19.6 Å². The Morgan fingerprint density at radius 3 is 2.55 bits per heavy atom. The average molecular weight is 441 g/mol. The molecular formula is C26H32O4S. The van der Waals surface area contributed by atoms with Crippen molar-refractivity contribution < 1.29 is 17.7 Å². The van der Waals surface area contributed by atoms with E-state index in [9.17, 15) is 13.5 Å². The van der Waals surface area contributed by atoms with Gasteiger partial charge in [-0.2, -0.15) is 8.42 Å². The summed E-state index contributed by atoms with van der Waals surface area (Å²) in [6.45, 7) is 6.53. The second-order valence-electron chi connectivity index (χ2n) is 10.3. The van der Waals surface area contributed by atoms with Crippen LogP contribution < -0.4 is 0 Å². The summed E-state index contributed by atoms with van der Waals surface area (Å²) in [6, 6.07) is 12.8. The zero-order valence-electron chi connectivity index (χ0n) is 18.5. The normalized spacial score (nSPS) is 34.6. The molecule has 31 heavy (non-hydrogen) atoms. The quantitative estimate of drug-likeness (QED) is 0.633. The Hall–Kier alpha value is -1.85. The van der Waals surface area contributed by atoms with E-state index in [2.05, 4.69) is 19.9 Å². The SMILES string of the molecule is Cc1ccc(S(=O)(=O)O[C@H]2CCC3C4C(CC[C@@]32C)c2ccc(O)cc2C[C@H]4C)cc1. The number of phenolic OH excluding ortho intramolecular Hbond substituents is 1. The van der Waals surface area contributed by atoms with E-state index in [1.54, 1.807) is 12.1 Å². The monoisotopic (exact) mass is 440 g/mol. The molecule has 4 nitrogen and oxygen atoms in total. The lowest BCUT2D eigenvalue weighted by molar-refractivity contribution is -0.0232. The van der Waals surface area contributed by atoms with E-state index in [0.717, 1.165) is 37.7 Å². The van der Waals surface area contributed by atoms with Gasteiger partial charge in [-0.05, 0) is 104 Å². The molecule has 3 unspecified atom stereocenters. The van der Waals surface area contributed by atoms with E-state index in [4.69, 9.17) is 4.18 Å². The molecule has 166 valence electrons. The summed E-state index contributed by atoms with van der Waals surface area (Å²) in [4.78, 5) is 0.249. The van der Waals surface area contributed by atoms with Gasteiger partial charge < -0.3 is 5.11 Å². The number of fused-ring (bicyclic) bond motifs is 5. The summed E-state index contributed by atoms with van der Waals surface area (Å²) < 4.78 is 32.0. The highest BCUT2D eigenvalue weighted by atomic mass is 32.2. The molecule has 0 aromatic heterocycles. The Labute approximate surface area is 185 Å². The van der Waals surface area contributed by atoms with Crippen LogP contribution in [0.3, 0.4) is 0 Å².